The molecule has 1 aromatic heterocycles. The van der Waals surface area contributed by atoms with Crippen LogP contribution >= 0.6 is 11.6 Å². The van der Waals surface area contributed by atoms with E-state index in [-0.39, 0.29) is 0 Å². The van der Waals surface area contributed by atoms with Gasteiger partial charge in [-0.25, -0.2) is 4.79 Å². The highest BCUT2D eigenvalue weighted by Crippen LogP contribution is 2.26. The topological polar surface area (TPSA) is 39.4 Å². The molecular weight excluding hydrogens is 240 g/mol. The van der Waals surface area contributed by atoms with Crippen molar-refractivity contribution in [3.8, 4) is 11.3 Å². The van der Waals surface area contributed by atoms with Crippen LogP contribution in [0.4, 0.5) is 0 Å². The van der Waals surface area contributed by atoms with Gasteiger partial charge in [-0.2, -0.15) is 0 Å². The van der Waals surface area contributed by atoms with Crippen molar-refractivity contribution < 1.29 is 13.9 Å². The maximum absolute atomic E-state index is 11.4. The van der Waals surface area contributed by atoms with Gasteiger partial charge in [0.05, 0.1) is 7.11 Å². The zero-order valence-electron chi connectivity index (χ0n) is 9.49. The van der Waals surface area contributed by atoms with E-state index in [1.165, 1.54) is 7.11 Å². The van der Waals surface area contributed by atoms with Crippen molar-refractivity contribution in [3.05, 3.63) is 46.7 Å². The molecule has 0 aliphatic carbocycles. The van der Waals surface area contributed by atoms with Crippen molar-refractivity contribution in [1.29, 1.82) is 0 Å². The van der Waals surface area contributed by atoms with Gasteiger partial charge in [0.25, 0.3) is 0 Å². The molecule has 0 bridgehead atoms. The van der Waals surface area contributed by atoms with E-state index in [0.717, 1.165) is 5.56 Å². The molecule has 0 saturated carbocycles. The van der Waals surface area contributed by atoms with Crippen LogP contribution in [0.3, 0.4) is 0 Å². The van der Waals surface area contributed by atoms with E-state index in [9.17, 15) is 4.79 Å². The number of carbonyl (C=O) groups excluding carboxylic acids is 1. The molecule has 0 aliphatic heterocycles. The third kappa shape index (κ3) is 2.34. The van der Waals surface area contributed by atoms with E-state index < -0.39 is 5.97 Å². The first-order valence-corrected chi connectivity index (χ1v) is 5.44. The van der Waals surface area contributed by atoms with E-state index >= 15 is 0 Å². The van der Waals surface area contributed by atoms with Gasteiger partial charge >= 0.3 is 5.97 Å². The molecule has 0 fully saturated rings. The monoisotopic (exact) mass is 250 g/mol. The van der Waals surface area contributed by atoms with Gasteiger partial charge in [0.1, 0.15) is 17.1 Å². The summed E-state index contributed by atoms with van der Waals surface area (Å²) in [6, 6.07) is 8.88. The minimum atomic E-state index is -0.397. The van der Waals surface area contributed by atoms with Crippen molar-refractivity contribution in [1.82, 2.24) is 0 Å². The van der Waals surface area contributed by atoms with Crippen LogP contribution in [-0.2, 0) is 4.74 Å². The Morgan fingerprint density at radius 2 is 1.94 bits per heavy atom. The van der Waals surface area contributed by atoms with Gasteiger partial charge in [-0.3, -0.25) is 0 Å². The Hall–Kier alpha value is -1.74. The quantitative estimate of drug-likeness (QED) is 0.763. The number of hydrogen-bond donors (Lipinski definition) is 0. The Kier molecular flexibility index (Phi) is 3.20. The van der Waals surface area contributed by atoms with Crippen LogP contribution in [0, 0.1) is 6.92 Å². The number of halogens is 1. The second kappa shape index (κ2) is 4.63. The second-order valence-electron chi connectivity index (χ2n) is 3.58. The summed E-state index contributed by atoms with van der Waals surface area (Å²) < 4.78 is 10.2. The highest BCUT2D eigenvalue weighted by molar-refractivity contribution is 6.30. The fraction of sp³-hybridized carbons (Fsp3) is 0.154. The first-order chi connectivity index (χ1) is 8.11. The van der Waals surface area contributed by atoms with Gasteiger partial charge in [0.2, 0.25) is 0 Å². The highest BCUT2D eigenvalue weighted by atomic mass is 35.5. The molecule has 0 aliphatic rings. The molecule has 0 N–H and O–H groups in total. The predicted molar refractivity (Wildman–Crippen MR) is 65.2 cm³/mol. The van der Waals surface area contributed by atoms with Crippen LogP contribution in [0.15, 0.2) is 34.7 Å². The lowest BCUT2D eigenvalue weighted by Crippen LogP contribution is -2.00. The summed E-state index contributed by atoms with van der Waals surface area (Å²) in [7, 11) is 1.34. The average Bonchev–Trinajstić information content (AvgIpc) is 2.71. The fourth-order valence-electron chi connectivity index (χ4n) is 1.55. The molecular formula is C13H11ClO3. The maximum atomic E-state index is 11.4. The van der Waals surface area contributed by atoms with E-state index in [1.807, 2.05) is 12.1 Å². The lowest BCUT2D eigenvalue weighted by Gasteiger charge is -1.95. The van der Waals surface area contributed by atoms with E-state index in [0.29, 0.717) is 22.1 Å². The van der Waals surface area contributed by atoms with E-state index in [2.05, 4.69) is 4.74 Å². The number of furan rings is 1. The minimum absolute atomic E-state index is 0.397. The summed E-state index contributed by atoms with van der Waals surface area (Å²) in [6.07, 6.45) is 0. The van der Waals surface area contributed by atoms with Gasteiger partial charge in [-0.15, -0.1) is 0 Å². The molecule has 1 aromatic carbocycles. The van der Waals surface area contributed by atoms with Gasteiger partial charge in [-0.1, -0.05) is 11.6 Å². The number of methoxy groups -OCH3 is 1. The van der Waals surface area contributed by atoms with Gasteiger partial charge < -0.3 is 9.15 Å². The van der Waals surface area contributed by atoms with Crippen molar-refractivity contribution in [2.45, 2.75) is 6.92 Å². The zero-order valence-corrected chi connectivity index (χ0v) is 10.2. The third-order valence-electron chi connectivity index (χ3n) is 2.45. The van der Waals surface area contributed by atoms with Crippen LogP contribution in [0.2, 0.25) is 5.02 Å². The summed E-state index contributed by atoms with van der Waals surface area (Å²) in [5.41, 5.74) is 1.31. The summed E-state index contributed by atoms with van der Waals surface area (Å²) in [6.45, 7) is 1.73. The molecule has 17 heavy (non-hydrogen) atoms. The zero-order chi connectivity index (χ0) is 12.4. The number of ether oxygens (including phenoxy) is 1. The summed E-state index contributed by atoms with van der Waals surface area (Å²) >= 11 is 5.80. The molecule has 4 heteroatoms. The molecule has 88 valence electrons. The molecule has 0 amide bonds. The Bertz CT molecular complexity index is 540. The Morgan fingerprint density at radius 1 is 1.29 bits per heavy atom. The van der Waals surface area contributed by atoms with Gasteiger partial charge in [0.15, 0.2) is 0 Å². The minimum Gasteiger partial charge on any atom is -0.465 e. The first-order valence-electron chi connectivity index (χ1n) is 5.06. The summed E-state index contributed by atoms with van der Waals surface area (Å²) in [5.74, 6) is 0.771. The molecule has 1 heterocycles. The normalized spacial score (nSPS) is 10.3. The molecule has 2 rings (SSSR count). The first kappa shape index (κ1) is 11.7. The van der Waals surface area contributed by atoms with Gasteiger partial charge in [-0.05, 0) is 37.3 Å². The Labute approximate surface area is 104 Å². The second-order valence-corrected chi connectivity index (χ2v) is 4.02. The maximum Gasteiger partial charge on any atom is 0.341 e. The Balaban J connectivity index is 2.41. The van der Waals surface area contributed by atoms with Crippen molar-refractivity contribution >= 4 is 17.6 Å². The van der Waals surface area contributed by atoms with Crippen LogP contribution in [0.1, 0.15) is 16.1 Å². The van der Waals surface area contributed by atoms with Gasteiger partial charge in [0, 0.05) is 10.6 Å². The van der Waals surface area contributed by atoms with E-state index in [1.54, 1.807) is 25.1 Å². The molecule has 0 unspecified atom stereocenters. The molecule has 3 nitrogen and oxygen atoms in total. The average molecular weight is 251 g/mol. The number of hydrogen-bond acceptors (Lipinski definition) is 3. The largest absolute Gasteiger partial charge is 0.465 e. The summed E-state index contributed by atoms with van der Waals surface area (Å²) in [4.78, 5) is 11.4. The van der Waals surface area contributed by atoms with Crippen LogP contribution in [0.5, 0.6) is 0 Å². The standard InChI is InChI=1S/C13H11ClO3/c1-8-11(13(15)16-2)7-12(17-8)9-3-5-10(14)6-4-9/h3-7H,1-2H3. The number of rotatable bonds is 2. The van der Waals surface area contributed by atoms with Crippen LogP contribution < -0.4 is 0 Å². The number of esters is 1. The molecule has 0 spiro atoms. The van der Waals surface area contributed by atoms with Crippen molar-refractivity contribution in [2.24, 2.45) is 0 Å². The Morgan fingerprint density at radius 3 is 2.53 bits per heavy atom. The van der Waals surface area contributed by atoms with Crippen LogP contribution in [0.25, 0.3) is 11.3 Å². The van der Waals surface area contributed by atoms with Crippen molar-refractivity contribution in [3.63, 3.8) is 0 Å². The number of aryl methyl sites for hydroxylation is 1. The SMILES string of the molecule is COC(=O)c1cc(-c2ccc(Cl)cc2)oc1C. The fourth-order valence-corrected chi connectivity index (χ4v) is 1.68. The van der Waals surface area contributed by atoms with Crippen molar-refractivity contribution in [2.75, 3.05) is 7.11 Å². The molecule has 0 radical (unpaired) electrons. The number of carbonyl (C=O) groups is 1. The van der Waals surface area contributed by atoms with Crippen LogP contribution in [-0.4, -0.2) is 13.1 Å². The lowest BCUT2D eigenvalue weighted by molar-refractivity contribution is 0.0599. The summed E-state index contributed by atoms with van der Waals surface area (Å²) in [5, 5.41) is 0.658. The van der Waals surface area contributed by atoms with E-state index in [4.69, 9.17) is 16.0 Å². The predicted octanol–water partition coefficient (Wildman–Crippen LogP) is 3.70. The smallest absolute Gasteiger partial charge is 0.341 e. The third-order valence-corrected chi connectivity index (χ3v) is 2.70. The molecule has 0 saturated heterocycles. The highest BCUT2D eigenvalue weighted by Gasteiger charge is 2.15. The molecule has 2 aromatic rings. The lowest BCUT2D eigenvalue weighted by atomic mass is 10.1. The number of benzene rings is 1. The molecule has 0 atom stereocenters.